The van der Waals surface area contributed by atoms with Gasteiger partial charge >= 0.3 is 0 Å². The molecule has 1 heterocycles. The molecule has 0 N–H and O–H groups in total. The molecular weight excluding hydrogens is 254 g/mol. The Labute approximate surface area is 120 Å². The minimum atomic E-state index is -0.613. The molecule has 1 saturated heterocycles. The van der Waals surface area contributed by atoms with Crippen LogP contribution < -0.4 is 0 Å². The predicted molar refractivity (Wildman–Crippen MR) is 78.9 cm³/mol. The van der Waals surface area contributed by atoms with Crippen molar-refractivity contribution in [3.63, 3.8) is 0 Å². The molecule has 0 unspecified atom stereocenters. The van der Waals surface area contributed by atoms with E-state index >= 15 is 0 Å². The first kappa shape index (κ1) is 15.2. The molecule has 0 bridgehead atoms. The third kappa shape index (κ3) is 3.90. The smallest absolute Gasteiger partial charge is 0.163 e. The van der Waals surface area contributed by atoms with Crippen LogP contribution in [0.3, 0.4) is 0 Å². The van der Waals surface area contributed by atoms with Crippen molar-refractivity contribution >= 4 is 0 Å². The third-order valence-corrected chi connectivity index (χ3v) is 3.42. The SMILES string of the molecule is C=CC[C@H]([C@H]1COC(C)(C)O1)N([O-])Cc1ccccc1. The summed E-state index contributed by atoms with van der Waals surface area (Å²) in [5.41, 5.74) is 0.995. The van der Waals surface area contributed by atoms with Crippen LogP contribution in [0.1, 0.15) is 25.8 Å². The van der Waals surface area contributed by atoms with Gasteiger partial charge in [0, 0.05) is 12.6 Å². The molecule has 0 radical (unpaired) electrons. The number of nitrogens with zero attached hydrogens (tertiary/aromatic N) is 1. The molecule has 1 aromatic carbocycles. The van der Waals surface area contributed by atoms with Crippen molar-refractivity contribution in [3.8, 4) is 0 Å². The first-order valence-corrected chi connectivity index (χ1v) is 6.92. The topological polar surface area (TPSA) is 44.8 Å². The van der Waals surface area contributed by atoms with Crippen molar-refractivity contribution in [2.75, 3.05) is 6.61 Å². The van der Waals surface area contributed by atoms with E-state index in [4.69, 9.17) is 9.47 Å². The summed E-state index contributed by atoms with van der Waals surface area (Å²) in [4.78, 5) is 0. The predicted octanol–water partition coefficient (Wildman–Crippen LogP) is 3.08. The molecule has 1 aliphatic rings. The van der Waals surface area contributed by atoms with Crippen LogP contribution in [0.4, 0.5) is 0 Å². The molecule has 0 saturated carbocycles. The molecule has 4 heteroatoms. The van der Waals surface area contributed by atoms with Gasteiger partial charge in [0.2, 0.25) is 0 Å². The van der Waals surface area contributed by atoms with Crippen LogP contribution in [-0.2, 0) is 16.0 Å². The first-order valence-electron chi connectivity index (χ1n) is 6.92. The number of hydroxylamine groups is 2. The Hall–Kier alpha value is -1.20. The number of hydrogen-bond donors (Lipinski definition) is 0. The van der Waals surface area contributed by atoms with Crippen LogP contribution in [0.15, 0.2) is 43.0 Å². The largest absolute Gasteiger partial charge is 0.785 e. The fraction of sp³-hybridized carbons (Fsp3) is 0.500. The van der Waals surface area contributed by atoms with Gasteiger partial charge in [-0.2, -0.15) is 0 Å². The van der Waals surface area contributed by atoms with Crippen LogP contribution in [0.5, 0.6) is 0 Å². The van der Waals surface area contributed by atoms with E-state index in [1.807, 2.05) is 44.2 Å². The van der Waals surface area contributed by atoms with Crippen LogP contribution in [0.25, 0.3) is 0 Å². The Kier molecular flexibility index (Phi) is 4.94. The van der Waals surface area contributed by atoms with Crippen LogP contribution in [0.2, 0.25) is 0 Å². The van der Waals surface area contributed by atoms with Gasteiger partial charge in [-0.05, 0) is 25.8 Å². The highest BCUT2D eigenvalue weighted by molar-refractivity contribution is 5.15. The highest BCUT2D eigenvalue weighted by atomic mass is 16.7. The second kappa shape index (κ2) is 6.50. The van der Waals surface area contributed by atoms with E-state index in [9.17, 15) is 5.21 Å². The molecule has 1 fully saturated rings. The Morgan fingerprint density at radius 2 is 2.15 bits per heavy atom. The van der Waals surface area contributed by atoms with Gasteiger partial charge in [-0.3, -0.25) is 0 Å². The minimum absolute atomic E-state index is 0.218. The zero-order valence-corrected chi connectivity index (χ0v) is 12.1. The molecule has 110 valence electrons. The molecule has 0 amide bonds. The van der Waals surface area contributed by atoms with E-state index in [-0.39, 0.29) is 12.1 Å². The Morgan fingerprint density at radius 3 is 2.70 bits per heavy atom. The summed E-state index contributed by atoms with van der Waals surface area (Å²) in [5.74, 6) is -0.613. The maximum Gasteiger partial charge on any atom is 0.163 e. The average Bonchev–Trinajstić information content (AvgIpc) is 2.77. The molecule has 20 heavy (non-hydrogen) atoms. The lowest BCUT2D eigenvalue weighted by molar-refractivity contribution is -0.145. The Bertz CT molecular complexity index is 433. The number of ether oxygens (including phenoxy) is 2. The van der Waals surface area contributed by atoms with Gasteiger partial charge in [0.25, 0.3) is 0 Å². The highest BCUT2D eigenvalue weighted by Crippen LogP contribution is 2.28. The first-order chi connectivity index (χ1) is 9.52. The lowest BCUT2D eigenvalue weighted by atomic mass is 10.1. The number of rotatable bonds is 6. The van der Waals surface area contributed by atoms with E-state index in [0.717, 1.165) is 10.6 Å². The van der Waals surface area contributed by atoms with Crippen LogP contribution in [0, 0.1) is 5.21 Å². The average molecular weight is 276 g/mol. The van der Waals surface area contributed by atoms with Crippen molar-refractivity contribution in [3.05, 3.63) is 53.8 Å². The van der Waals surface area contributed by atoms with Crippen LogP contribution in [-0.4, -0.2) is 29.6 Å². The summed E-state index contributed by atoms with van der Waals surface area (Å²) >= 11 is 0. The summed E-state index contributed by atoms with van der Waals surface area (Å²) in [6.45, 7) is 8.26. The molecule has 0 aromatic heterocycles. The van der Waals surface area contributed by atoms with Gasteiger partial charge < -0.3 is 19.7 Å². The minimum Gasteiger partial charge on any atom is -0.785 e. The van der Waals surface area contributed by atoms with E-state index in [1.165, 1.54) is 0 Å². The van der Waals surface area contributed by atoms with Crippen LogP contribution >= 0.6 is 0 Å². The maximum absolute atomic E-state index is 12.4. The summed E-state index contributed by atoms with van der Waals surface area (Å²) in [7, 11) is 0. The molecular formula is C16H22NO3-. The molecule has 4 nitrogen and oxygen atoms in total. The van der Waals surface area contributed by atoms with Gasteiger partial charge in [-0.15, -0.1) is 6.58 Å². The fourth-order valence-corrected chi connectivity index (χ4v) is 2.41. The maximum atomic E-state index is 12.4. The van der Waals surface area contributed by atoms with Crippen molar-refractivity contribution in [2.24, 2.45) is 0 Å². The molecule has 0 spiro atoms. The number of benzene rings is 1. The molecule has 1 aromatic rings. The van der Waals surface area contributed by atoms with Crippen molar-refractivity contribution in [2.45, 2.75) is 44.7 Å². The zero-order valence-electron chi connectivity index (χ0n) is 12.1. The lowest BCUT2D eigenvalue weighted by Gasteiger charge is -2.39. The van der Waals surface area contributed by atoms with Gasteiger partial charge in [-0.25, -0.2) is 0 Å². The second-order valence-corrected chi connectivity index (χ2v) is 5.52. The highest BCUT2D eigenvalue weighted by Gasteiger charge is 2.37. The lowest BCUT2D eigenvalue weighted by Crippen LogP contribution is -2.41. The van der Waals surface area contributed by atoms with E-state index in [0.29, 0.717) is 19.6 Å². The van der Waals surface area contributed by atoms with Crippen molar-refractivity contribution < 1.29 is 9.47 Å². The normalized spacial score (nSPS) is 22.9. The standard InChI is InChI=1S/C16H22NO3/c1-4-8-14(15-12-19-16(2,3)20-15)17(18)11-13-9-6-5-7-10-13/h4-7,9-10,14-15H,1,8,11-12H2,2-3H3/q-1/t14-,15-/m1/s1. The quantitative estimate of drug-likeness (QED) is 0.591. The van der Waals surface area contributed by atoms with Gasteiger partial charge in [0.1, 0.15) is 0 Å². The summed E-state index contributed by atoms with van der Waals surface area (Å²) in [5, 5.41) is 13.5. The summed E-state index contributed by atoms with van der Waals surface area (Å²) in [6.07, 6.45) is 2.12. The molecule has 2 atom stereocenters. The van der Waals surface area contributed by atoms with Crippen molar-refractivity contribution in [1.29, 1.82) is 0 Å². The van der Waals surface area contributed by atoms with E-state index < -0.39 is 5.79 Å². The van der Waals surface area contributed by atoms with Crippen molar-refractivity contribution in [1.82, 2.24) is 5.06 Å². The fourth-order valence-electron chi connectivity index (χ4n) is 2.41. The zero-order chi connectivity index (χ0) is 14.6. The molecule has 2 rings (SSSR count). The third-order valence-electron chi connectivity index (χ3n) is 3.42. The van der Waals surface area contributed by atoms with E-state index in [2.05, 4.69) is 6.58 Å². The molecule has 1 aliphatic heterocycles. The Morgan fingerprint density at radius 1 is 1.45 bits per heavy atom. The molecule has 0 aliphatic carbocycles. The van der Waals surface area contributed by atoms with E-state index in [1.54, 1.807) is 6.08 Å². The second-order valence-electron chi connectivity index (χ2n) is 5.52. The van der Waals surface area contributed by atoms with Gasteiger partial charge in [0.05, 0.1) is 12.7 Å². The monoisotopic (exact) mass is 276 g/mol. The summed E-state index contributed by atoms with van der Waals surface area (Å²) in [6, 6.07) is 9.44. The van der Waals surface area contributed by atoms with Gasteiger partial charge in [-0.1, -0.05) is 36.4 Å². The van der Waals surface area contributed by atoms with Gasteiger partial charge in [0.15, 0.2) is 5.79 Å². The number of hydrogen-bond acceptors (Lipinski definition) is 4. The Balaban J connectivity index is 2.02. The summed E-state index contributed by atoms with van der Waals surface area (Å²) < 4.78 is 11.4.